The van der Waals surface area contributed by atoms with Crippen LogP contribution in [-0.2, 0) is 13.8 Å². The topological polar surface area (TPSA) is 55.8 Å². The molecule has 1 aromatic rings. The molecule has 2 unspecified atom stereocenters. The Morgan fingerprint density at radius 1 is 1.04 bits per heavy atom. The molecule has 4 nitrogen and oxygen atoms in total. The average molecular weight is 370 g/mol. The number of benzene rings is 1. The summed E-state index contributed by atoms with van der Waals surface area (Å²) in [5, 5.41) is 0. The second kappa shape index (κ2) is 6.39. The van der Waals surface area contributed by atoms with Gasteiger partial charge in [-0.15, -0.1) is 13.2 Å². The van der Waals surface area contributed by atoms with E-state index in [1.54, 1.807) is 0 Å². The second-order valence-corrected chi connectivity index (χ2v) is 6.20. The molecule has 132 valence electrons. The predicted octanol–water partition coefficient (Wildman–Crippen LogP) is 4.32. The molecule has 1 N–H and O–H groups in total. The number of halogens is 7. The van der Waals surface area contributed by atoms with E-state index in [0.29, 0.717) is 6.66 Å². The maximum Gasteiger partial charge on any atom is 0.527 e. The van der Waals surface area contributed by atoms with Gasteiger partial charge in [0.05, 0.1) is 0 Å². The van der Waals surface area contributed by atoms with Crippen molar-refractivity contribution in [2.75, 3.05) is 6.66 Å². The van der Waals surface area contributed by atoms with Crippen LogP contribution in [-0.4, -0.2) is 30.0 Å². The molecule has 0 aliphatic heterocycles. The molecule has 0 fully saturated rings. The first-order valence-electron chi connectivity index (χ1n) is 5.72. The van der Waals surface area contributed by atoms with Crippen LogP contribution in [0.15, 0.2) is 30.3 Å². The zero-order valence-corrected chi connectivity index (χ0v) is 12.1. The van der Waals surface area contributed by atoms with E-state index < -0.39 is 37.7 Å². The van der Waals surface area contributed by atoms with E-state index >= 15 is 0 Å². The molecular weight excluding hydrogens is 360 g/mol. The van der Waals surface area contributed by atoms with Gasteiger partial charge in [0, 0.05) is 6.66 Å². The summed E-state index contributed by atoms with van der Waals surface area (Å²) >= 11 is 0. The minimum atomic E-state index is -6.07. The van der Waals surface area contributed by atoms with Crippen molar-refractivity contribution in [3.8, 4) is 0 Å². The van der Waals surface area contributed by atoms with Crippen LogP contribution < -0.4 is 0 Å². The molecule has 12 heteroatoms. The van der Waals surface area contributed by atoms with Gasteiger partial charge >= 0.3 is 26.0 Å². The normalized spacial score (nSPS) is 17.6. The number of rotatable bonds is 6. The Hall–Kier alpha value is -1.16. The standard InChI is InChI=1S/C11H10F7O4P/c1-23(19,20)21-8(7-5-3-2-4-6-7)9(12,13)10(14,15)22-11(16,17)18/h2-6,8H,1H3,(H,19,20). The summed E-state index contributed by atoms with van der Waals surface area (Å²) in [6, 6.07) is 5.13. The first-order chi connectivity index (χ1) is 10.2. The summed E-state index contributed by atoms with van der Waals surface area (Å²) in [6.45, 7) is 0.418. The van der Waals surface area contributed by atoms with E-state index in [2.05, 4.69) is 9.26 Å². The van der Waals surface area contributed by atoms with Crippen molar-refractivity contribution in [1.82, 2.24) is 0 Å². The van der Waals surface area contributed by atoms with Gasteiger partial charge in [-0.25, -0.2) is 4.74 Å². The van der Waals surface area contributed by atoms with E-state index in [1.165, 1.54) is 6.07 Å². The maximum atomic E-state index is 13.9. The third-order valence-corrected chi connectivity index (χ3v) is 2.97. The molecular formula is C11H10F7O4P. The van der Waals surface area contributed by atoms with Crippen molar-refractivity contribution in [1.29, 1.82) is 0 Å². The molecule has 0 radical (unpaired) electrons. The van der Waals surface area contributed by atoms with E-state index in [1.807, 2.05) is 0 Å². The lowest BCUT2D eigenvalue weighted by Crippen LogP contribution is -2.50. The van der Waals surface area contributed by atoms with Gasteiger partial charge in [0.25, 0.3) is 0 Å². The number of alkyl halides is 7. The summed E-state index contributed by atoms with van der Waals surface area (Å²) in [6.07, 6.45) is -15.3. The number of hydrogen-bond acceptors (Lipinski definition) is 3. The zero-order chi connectivity index (χ0) is 18.1. The molecule has 0 aliphatic rings. The molecule has 2 atom stereocenters. The van der Waals surface area contributed by atoms with Crippen molar-refractivity contribution in [3.05, 3.63) is 35.9 Å². The Balaban J connectivity index is 3.31. The van der Waals surface area contributed by atoms with Crippen LogP contribution in [0.5, 0.6) is 0 Å². The molecule has 1 rings (SSSR count). The first kappa shape index (κ1) is 19.9. The van der Waals surface area contributed by atoms with Gasteiger partial charge in [-0.2, -0.15) is 17.6 Å². The summed E-state index contributed by atoms with van der Waals surface area (Å²) in [5.41, 5.74) is -0.737. The van der Waals surface area contributed by atoms with E-state index in [0.717, 1.165) is 24.3 Å². The van der Waals surface area contributed by atoms with Crippen LogP contribution in [0.2, 0.25) is 0 Å². The van der Waals surface area contributed by atoms with Crippen molar-refractivity contribution in [2.24, 2.45) is 0 Å². The van der Waals surface area contributed by atoms with Crippen molar-refractivity contribution < 1.29 is 49.5 Å². The minimum Gasteiger partial charge on any atom is -0.324 e. The first-order valence-corrected chi connectivity index (χ1v) is 7.74. The smallest absolute Gasteiger partial charge is 0.324 e. The fourth-order valence-electron chi connectivity index (χ4n) is 1.53. The van der Waals surface area contributed by atoms with E-state index in [9.17, 15) is 35.3 Å². The van der Waals surface area contributed by atoms with Crippen LogP contribution in [0.25, 0.3) is 0 Å². The fourth-order valence-corrected chi connectivity index (χ4v) is 2.17. The molecule has 0 aromatic heterocycles. The maximum absolute atomic E-state index is 13.9. The molecule has 0 spiro atoms. The van der Waals surface area contributed by atoms with Gasteiger partial charge in [-0.1, -0.05) is 30.3 Å². The molecule has 0 aliphatic carbocycles. The highest BCUT2D eigenvalue weighted by Gasteiger charge is 2.68. The summed E-state index contributed by atoms with van der Waals surface area (Å²) in [7, 11) is -4.75. The minimum absolute atomic E-state index is 0.418. The van der Waals surface area contributed by atoms with Crippen molar-refractivity contribution >= 4 is 7.60 Å². The number of ether oxygens (including phenoxy) is 1. The van der Waals surface area contributed by atoms with E-state index in [4.69, 9.17) is 4.89 Å². The molecule has 0 bridgehead atoms. The van der Waals surface area contributed by atoms with Gasteiger partial charge in [-0.05, 0) is 5.56 Å². The summed E-state index contributed by atoms with van der Waals surface area (Å²) in [4.78, 5) is 9.00. The number of hydrogen-bond donors (Lipinski definition) is 1. The van der Waals surface area contributed by atoms with Crippen molar-refractivity contribution in [2.45, 2.75) is 24.5 Å². The summed E-state index contributed by atoms with van der Waals surface area (Å²) in [5.74, 6) is -5.60. The molecule has 1 aromatic carbocycles. The molecule has 0 saturated heterocycles. The Bertz CT molecular complexity index is 569. The third kappa shape index (κ3) is 5.45. The zero-order valence-electron chi connectivity index (χ0n) is 11.2. The quantitative estimate of drug-likeness (QED) is 0.599. The Morgan fingerprint density at radius 2 is 1.52 bits per heavy atom. The molecule has 23 heavy (non-hydrogen) atoms. The third-order valence-electron chi connectivity index (χ3n) is 2.36. The Kier molecular flexibility index (Phi) is 5.52. The second-order valence-electron chi connectivity index (χ2n) is 4.39. The van der Waals surface area contributed by atoms with Gasteiger partial charge in [0.1, 0.15) is 0 Å². The van der Waals surface area contributed by atoms with Gasteiger partial charge in [0.2, 0.25) is 0 Å². The monoisotopic (exact) mass is 370 g/mol. The predicted molar refractivity (Wildman–Crippen MR) is 63.1 cm³/mol. The van der Waals surface area contributed by atoms with Gasteiger partial charge in [0.15, 0.2) is 6.10 Å². The van der Waals surface area contributed by atoms with Crippen molar-refractivity contribution in [3.63, 3.8) is 0 Å². The lowest BCUT2D eigenvalue weighted by atomic mass is 10.0. The Labute approximate surface area is 125 Å². The SMILES string of the molecule is CP(=O)(O)OC(c1ccccc1)C(F)(F)C(F)(F)OC(F)(F)F. The average Bonchev–Trinajstić information content (AvgIpc) is 2.32. The largest absolute Gasteiger partial charge is 0.527 e. The van der Waals surface area contributed by atoms with E-state index in [-0.39, 0.29) is 0 Å². The molecule has 0 amide bonds. The highest BCUT2D eigenvalue weighted by atomic mass is 31.2. The van der Waals surface area contributed by atoms with Crippen LogP contribution in [0.1, 0.15) is 11.7 Å². The van der Waals surface area contributed by atoms with Gasteiger partial charge in [-0.3, -0.25) is 9.09 Å². The Morgan fingerprint density at radius 3 is 1.91 bits per heavy atom. The van der Waals surface area contributed by atoms with Crippen LogP contribution in [0.3, 0.4) is 0 Å². The van der Waals surface area contributed by atoms with Gasteiger partial charge < -0.3 is 4.89 Å². The van der Waals surface area contributed by atoms with Crippen LogP contribution in [0, 0.1) is 0 Å². The molecule has 0 heterocycles. The lowest BCUT2D eigenvalue weighted by Gasteiger charge is -2.33. The molecule has 0 saturated carbocycles. The fraction of sp³-hybridized carbons (Fsp3) is 0.455. The van der Waals surface area contributed by atoms with Crippen LogP contribution >= 0.6 is 7.60 Å². The summed E-state index contributed by atoms with van der Waals surface area (Å²) < 4.78 is 107. The lowest BCUT2D eigenvalue weighted by molar-refractivity contribution is -0.473. The highest BCUT2D eigenvalue weighted by Crippen LogP contribution is 2.54. The van der Waals surface area contributed by atoms with Crippen LogP contribution in [0.4, 0.5) is 30.7 Å². The highest BCUT2D eigenvalue weighted by molar-refractivity contribution is 7.51.